The Hall–Kier alpha value is -3.13. The summed E-state index contributed by atoms with van der Waals surface area (Å²) in [5, 5.41) is 2.93. The lowest BCUT2D eigenvalue weighted by Gasteiger charge is -2.22. The number of hydrogen-bond acceptors (Lipinski definition) is 6. The van der Waals surface area contributed by atoms with Gasteiger partial charge in [-0.05, 0) is 30.3 Å². The molecule has 1 aromatic carbocycles. The summed E-state index contributed by atoms with van der Waals surface area (Å²) in [4.78, 5) is 30.9. The second kappa shape index (κ2) is 9.13. The Morgan fingerprint density at radius 3 is 2.60 bits per heavy atom. The largest absolute Gasteiger partial charge is 0.497 e. The van der Waals surface area contributed by atoms with E-state index in [1.54, 1.807) is 24.1 Å². The van der Waals surface area contributed by atoms with Crippen molar-refractivity contribution in [3.8, 4) is 11.6 Å². The van der Waals surface area contributed by atoms with Crippen LogP contribution in [0.25, 0.3) is 0 Å². The van der Waals surface area contributed by atoms with Crippen LogP contribution in [0.4, 0.5) is 5.69 Å². The van der Waals surface area contributed by atoms with E-state index in [9.17, 15) is 9.59 Å². The number of nitrogens with zero attached hydrogens (tertiary/aromatic N) is 2. The third-order valence-electron chi connectivity index (χ3n) is 5.30. The van der Waals surface area contributed by atoms with Gasteiger partial charge in [0.05, 0.1) is 31.9 Å². The first-order valence-corrected chi connectivity index (χ1v) is 10.1. The first-order chi connectivity index (χ1) is 14.6. The summed E-state index contributed by atoms with van der Waals surface area (Å²) < 4.78 is 16.3. The third kappa shape index (κ3) is 4.71. The number of rotatable bonds is 6. The van der Waals surface area contributed by atoms with E-state index < -0.39 is 0 Å². The van der Waals surface area contributed by atoms with E-state index in [0.29, 0.717) is 31.2 Å². The van der Waals surface area contributed by atoms with Gasteiger partial charge < -0.3 is 24.4 Å². The summed E-state index contributed by atoms with van der Waals surface area (Å²) in [6.45, 7) is 1.81. The number of anilines is 1. The van der Waals surface area contributed by atoms with Crippen LogP contribution in [0.15, 0.2) is 42.6 Å². The number of amides is 2. The Bertz CT molecular complexity index is 879. The summed E-state index contributed by atoms with van der Waals surface area (Å²) >= 11 is 0. The van der Waals surface area contributed by atoms with Gasteiger partial charge in [-0.3, -0.25) is 9.59 Å². The van der Waals surface area contributed by atoms with Gasteiger partial charge in [0.25, 0.3) is 5.91 Å². The number of nitrogens with one attached hydrogen (secondary N) is 1. The van der Waals surface area contributed by atoms with E-state index in [-0.39, 0.29) is 30.4 Å². The van der Waals surface area contributed by atoms with Crippen molar-refractivity contribution in [3.05, 3.63) is 48.2 Å². The van der Waals surface area contributed by atoms with E-state index in [4.69, 9.17) is 14.2 Å². The van der Waals surface area contributed by atoms with Crippen molar-refractivity contribution in [2.75, 3.05) is 31.8 Å². The fourth-order valence-electron chi connectivity index (χ4n) is 3.63. The molecule has 8 heteroatoms. The number of carbonyl (C=O) groups excluding carboxylic acids is 2. The summed E-state index contributed by atoms with van der Waals surface area (Å²) in [5.41, 5.74) is 1.22. The first-order valence-electron chi connectivity index (χ1n) is 10.1. The smallest absolute Gasteiger partial charge is 0.253 e. The Balaban J connectivity index is 1.32. The maximum Gasteiger partial charge on any atom is 0.253 e. The molecule has 2 amide bonds. The van der Waals surface area contributed by atoms with Gasteiger partial charge in [0.1, 0.15) is 11.9 Å². The van der Waals surface area contributed by atoms with Crippen LogP contribution in [-0.2, 0) is 9.53 Å². The normalized spacial score (nSPS) is 19.6. The summed E-state index contributed by atoms with van der Waals surface area (Å²) in [5.74, 6) is 0.950. The zero-order valence-corrected chi connectivity index (χ0v) is 16.9. The number of carbonyl (C=O) groups is 2. The fraction of sp³-hybridized carbons (Fsp3) is 0.409. The fourth-order valence-corrected chi connectivity index (χ4v) is 3.63. The Morgan fingerprint density at radius 1 is 1.17 bits per heavy atom. The van der Waals surface area contributed by atoms with Crippen molar-refractivity contribution < 1.29 is 23.8 Å². The molecule has 2 aromatic rings. The molecule has 0 aliphatic carbocycles. The number of ether oxygens (including phenoxy) is 3. The monoisotopic (exact) mass is 411 g/mol. The second-order valence-electron chi connectivity index (χ2n) is 7.39. The number of pyridine rings is 1. The lowest BCUT2D eigenvalue weighted by atomic mass is 10.1. The molecule has 1 N–H and O–H groups in total. The molecule has 0 spiro atoms. The van der Waals surface area contributed by atoms with Crippen LogP contribution in [0.5, 0.6) is 11.6 Å². The van der Waals surface area contributed by atoms with Gasteiger partial charge >= 0.3 is 0 Å². The highest BCUT2D eigenvalue weighted by molar-refractivity contribution is 5.98. The SMILES string of the molecule is COc1ccc(N2CC(NC(=O)c3ccc(OC4CCOCC4)nc3)CC2=O)cc1. The van der Waals surface area contributed by atoms with Gasteiger partial charge in [-0.1, -0.05) is 0 Å². The van der Waals surface area contributed by atoms with Crippen LogP contribution in [0.2, 0.25) is 0 Å². The number of benzene rings is 1. The van der Waals surface area contributed by atoms with Crippen LogP contribution in [0.1, 0.15) is 29.6 Å². The van der Waals surface area contributed by atoms with E-state index >= 15 is 0 Å². The van der Waals surface area contributed by atoms with Crippen LogP contribution >= 0.6 is 0 Å². The lowest BCUT2D eigenvalue weighted by molar-refractivity contribution is -0.117. The van der Waals surface area contributed by atoms with Gasteiger partial charge in [-0.2, -0.15) is 0 Å². The van der Waals surface area contributed by atoms with E-state index in [0.717, 1.165) is 24.3 Å². The molecule has 0 bridgehead atoms. The Morgan fingerprint density at radius 2 is 1.93 bits per heavy atom. The number of hydrogen-bond donors (Lipinski definition) is 1. The van der Waals surface area contributed by atoms with E-state index in [1.165, 1.54) is 6.20 Å². The van der Waals surface area contributed by atoms with E-state index in [2.05, 4.69) is 10.3 Å². The highest BCUT2D eigenvalue weighted by Gasteiger charge is 2.31. The predicted octanol–water partition coefficient (Wildman–Crippen LogP) is 2.18. The lowest BCUT2D eigenvalue weighted by Crippen LogP contribution is -2.37. The quantitative estimate of drug-likeness (QED) is 0.784. The van der Waals surface area contributed by atoms with Crippen molar-refractivity contribution in [1.82, 2.24) is 10.3 Å². The standard InChI is InChI=1S/C22H25N3O5/c1-28-18-5-3-17(4-6-18)25-14-16(12-21(25)26)24-22(27)15-2-7-20(23-13-15)30-19-8-10-29-11-9-19/h2-7,13,16,19H,8-12,14H2,1H3,(H,24,27). The molecular weight excluding hydrogens is 386 g/mol. The minimum absolute atomic E-state index is 0.0243. The highest BCUT2D eigenvalue weighted by Crippen LogP contribution is 2.24. The molecule has 4 rings (SSSR count). The molecule has 0 saturated carbocycles. The summed E-state index contributed by atoms with van der Waals surface area (Å²) in [7, 11) is 1.60. The number of aromatic nitrogens is 1. The molecule has 2 aliphatic rings. The van der Waals surface area contributed by atoms with Crippen molar-refractivity contribution in [2.24, 2.45) is 0 Å². The zero-order chi connectivity index (χ0) is 20.9. The molecule has 3 heterocycles. The van der Waals surface area contributed by atoms with Gasteiger partial charge in [-0.15, -0.1) is 0 Å². The van der Waals surface area contributed by atoms with Gasteiger partial charge in [-0.25, -0.2) is 4.98 Å². The maximum absolute atomic E-state index is 12.6. The predicted molar refractivity (Wildman–Crippen MR) is 110 cm³/mol. The van der Waals surface area contributed by atoms with Crippen LogP contribution in [-0.4, -0.2) is 55.8 Å². The van der Waals surface area contributed by atoms with Crippen molar-refractivity contribution in [1.29, 1.82) is 0 Å². The molecule has 1 atom stereocenters. The molecular formula is C22H25N3O5. The molecule has 2 saturated heterocycles. The topological polar surface area (TPSA) is 90.0 Å². The summed E-state index contributed by atoms with van der Waals surface area (Å²) in [6.07, 6.45) is 3.53. The van der Waals surface area contributed by atoms with Crippen LogP contribution in [0, 0.1) is 0 Å². The minimum atomic E-state index is -0.259. The van der Waals surface area contributed by atoms with Gasteiger partial charge in [0.2, 0.25) is 11.8 Å². The zero-order valence-electron chi connectivity index (χ0n) is 16.9. The Kier molecular flexibility index (Phi) is 6.13. The minimum Gasteiger partial charge on any atom is -0.497 e. The van der Waals surface area contributed by atoms with Crippen LogP contribution < -0.4 is 19.7 Å². The van der Waals surface area contributed by atoms with Crippen molar-refractivity contribution in [3.63, 3.8) is 0 Å². The Labute approximate surface area is 175 Å². The molecule has 8 nitrogen and oxygen atoms in total. The summed E-state index contributed by atoms with van der Waals surface area (Å²) in [6, 6.07) is 10.4. The van der Waals surface area contributed by atoms with Gasteiger partial charge in [0.15, 0.2) is 0 Å². The second-order valence-corrected chi connectivity index (χ2v) is 7.39. The highest BCUT2D eigenvalue weighted by atomic mass is 16.5. The third-order valence-corrected chi connectivity index (χ3v) is 5.30. The van der Waals surface area contributed by atoms with Gasteiger partial charge in [0, 0.05) is 43.8 Å². The van der Waals surface area contributed by atoms with Crippen molar-refractivity contribution >= 4 is 17.5 Å². The van der Waals surface area contributed by atoms with E-state index in [1.807, 2.05) is 24.3 Å². The van der Waals surface area contributed by atoms with Crippen molar-refractivity contribution in [2.45, 2.75) is 31.4 Å². The average molecular weight is 411 g/mol. The average Bonchev–Trinajstić information content (AvgIpc) is 3.15. The van der Waals surface area contributed by atoms with Crippen LogP contribution in [0.3, 0.4) is 0 Å². The molecule has 1 aromatic heterocycles. The molecule has 0 radical (unpaired) electrons. The first kappa shape index (κ1) is 20.2. The maximum atomic E-state index is 12.6. The molecule has 158 valence electrons. The molecule has 30 heavy (non-hydrogen) atoms. The molecule has 2 aliphatic heterocycles. The molecule has 1 unspecified atom stereocenters. The molecule has 2 fully saturated rings. The number of methoxy groups -OCH3 is 1.